The van der Waals surface area contributed by atoms with Crippen molar-refractivity contribution in [1.29, 1.82) is 5.41 Å². The van der Waals surface area contributed by atoms with E-state index in [1.54, 1.807) is 30.2 Å². The molecule has 0 atom stereocenters. The number of amides is 1. The lowest BCUT2D eigenvalue weighted by molar-refractivity contribution is 0.0943. The van der Waals surface area contributed by atoms with Crippen molar-refractivity contribution in [2.45, 2.75) is 13.0 Å². The molecule has 28 heavy (non-hydrogen) atoms. The standard InChI is InChI=1S/C20H18N6OS/c1-26-17(20(27)24-12-13-5-4-7-22-11-13)15(10-21)18-19(26)25-16(28-18)9-14-6-2-3-8-23-14/h2-8,10-11,21H,9,12H2,1H3,(H,24,27). The molecular formula is C20H18N6OS. The zero-order chi connectivity index (χ0) is 19.5. The average Bonchev–Trinajstić information content (AvgIpc) is 3.25. The van der Waals surface area contributed by atoms with Gasteiger partial charge in [0.2, 0.25) is 0 Å². The van der Waals surface area contributed by atoms with Gasteiger partial charge in [-0.25, -0.2) is 4.98 Å². The highest BCUT2D eigenvalue weighted by Gasteiger charge is 2.23. The first-order valence-electron chi connectivity index (χ1n) is 8.73. The lowest BCUT2D eigenvalue weighted by atomic mass is 10.2. The summed E-state index contributed by atoms with van der Waals surface area (Å²) in [5.41, 5.74) is 3.59. The van der Waals surface area contributed by atoms with Gasteiger partial charge in [0, 0.05) is 56.1 Å². The van der Waals surface area contributed by atoms with Crippen LogP contribution in [0.15, 0.2) is 48.9 Å². The third-order valence-electron chi connectivity index (χ3n) is 4.40. The molecule has 0 radical (unpaired) electrons. The van der Waals surface area contributed by atoms with Crippen LogP contribution >= 0.6 is 11.3 Å². The van der Waals surface area contributed by atoms with Gasteiger partial charge in [0.1, 0.15) is 10.7 Å². The Hall–Kier alpha value is -3.39. The number of aryl methyl sites for hydroxylation is 1. The van der Waals surface area contributed by atoms with Crippen molar-refractivity contribution in [3.05, 3.63) is 76.4 Å². The van der Waals surface area contributed by atoms with E-state index < -0.39 is 0 Å². The van der Waals surface area contributed by atoms with Gasteiger partial charge >= 0.3 is 0 Å². The SMILES string of the molecule is Cn1c(C(=O)NCc2cccnc2)c(C=N)c2sc(Cc3ccccn3)nc21. The van der Waals surface area contributed by atoms with Gasteiger partial charge in [0.15, 0.2) is 5.65 Å². The maximum Gasteiger partial charge on any atom is 0.268 e. The van der Waals surface area contributed by atoms with Crippen LogP contribution < -0.4 is 5.32 Å². The number of hydrogen-bond donors (Lipinski definition) is 2. The molecule has 1 amide bonds. The molecule has 4 heterocycles. The number of aromatic nitrogens is 4. The molecule has 0 aliphatic heterocycles. The van der Waals surface area contributed by atoms with E-state index in [2.05, 4.69) is 20.3 Å². The minimum absolute atomic E-state index is 0.235. The maximum absolute atomic E-state index is 12.8. The van der Waals surface area contributed by atoms with Gasteiger partial charge in [-0.05, 0) is 23.8 Å². The van der Waals surface area contributed by atoms with Crippen LogP contribution in [0.25, 0.3) is 10.3 Å². The zero-order valence-corrected chi connectivity index (χ0v) is 16.0. The largest absolute Gasteiger partial charge is 0.347 e. The number of pyridine rings is 2. The van der Waals surface area contributed by atoms with Crippen molar-refractivity contribution in [3.63, 3.8) is 0 Å². The predicted octanol–water partition coefficient (Wildman–Crippen LogP) is 2.94. The lowest BCUT2D eigenvalue weighted by Crippen LogP contribution is -2.26. The van der Waals surface area contributed by atoms with Crippen LogP contribution in [0.3, 0.4) is 0 Å². The van der Waals surface area contributed by atoms with E-state index in [4.69, 9.17) is 5.41 Å². The molecule has 0 aliphatic carbocycles. The quantitative estimate of drug-likeness (QED) is 0.495. The summed E-state index contributed by atoms with van der Waals surface area (Å²) < 4.78 is 2.60. The topological polar surface area (TPSA) is 96.6 Å². The molecule has 4 aromatic heterocycles. The summed E-state index contributed by atoms with van der Waals surface area (Å²) in [6.45, 7) is 0.376. The van der Waals surface area contributed by atoms with Gasteiger partial charge < -0.3 is 15.3 Å². The molecule has 0 aliphatic rings. The molecule has 0 fully saturated rings. The van der Waals surface area contributed by atoms with Gasteiger partial charge in [-0.15, -0.1) is 11.3 Å². The second kappa shape index (κ2) is 7.69. The number of carbonyl (C=O) groups is 1. The summed E-state index contributed by atoms with van der Waals surface area (Å²) in [5, 5.41) is 11.6. The molecule has 8 heteroatoms. The monoisotopic (exact) mass is 390 g/mol. The molecule has 0 bridgehead atoms. The molecular weight excluding hydrogens is 372 g/mol. The first-order chi connectivity index (χ1) is 13.7. The Morgan fingerprint density at radius 2 is 2.18 bits per heavy atom. The van der Waals surface area contributed by atoms with E-state index in [1.807, 2.05) is 30.3 Å². The minimum Gasteiger partial charge on any atom is -0.347 e. The van der Waals surface area contributed by atoms with Crippen LogP contribution in [0.5, 0.6) is 0 Å². The van der Waals surface area contributed by atoms with Gasteiger partial charge in [-0.3, -0.25) is 14.8 Å². The van der Waals surface area contributed by atoms with Gasteiger partial charge in [-0.2, -0.15) is 0 Å². The Kier molecular flexibility index (Phi) is 4.94. The average molecular weight is 390 g/mol. The normalized spacial score (nSPS) is 10.9. The highest BCUT2D eigenvalue weighted by Crippen LogP contribution is 2.30. The fraction of sp³-hybridized carbons (Fsp3) is 0.150. The van der Waals surface area contributed by atoms with Crippen LogP contribution in [0, 0.1) is 5.41 Å². The van der Waals surface area contributed by atoms with Crippen LogP contribution in [-0.2, 0) is 20.0 Å². The number of nitrogens with zero attached hydrogens (tertiary/aromatic N) is 4. The van der Waals surface area contributed by atoms with Crippen molar-refractivity contribution in [2.24, 2.45) is 7.05 Å². The molecule has 2 N–H and O–H groups in total. The summed E-state index contributed by atoms with van der Waals surface area (Å²) in [6.07, 6.45) is 7.02. The Labute approximate surface area is 165 Å². The van der Waals surface area contributed by atoms with Crippen LogP contribution in [0.2, 0.25) is 0 Å². The van der Waals surface area contributed by atoms with E-state index in [0.717, 1.165) is 21.0 Å². The van der Waals surface area contributed by atoms with Crippen molar-refractivity contribution >= 4 is 33.8 Å². The molecule has 140 valence electrons. The Morgan fingerprint density at radius 1 is 1.29 bits per heavy atom. The van der Waals surface area contributed by atoms with Crippen molar-refractivity contribution in [2.75, 3.05) is 0 Å². The minimum atomic E-state index is -0.235. The molecule has 4 rings (SSSR count). The predicted molar refractivity (Wildman–Crippen MR) is 109 cm³/mol. The fourth-order valence-electron chi connectivity index (χ4n) is 3.06. The second-order valence-electron chi connectivity index (χ2n) is 6.27. The zero-order valence-electron chi connectivity index (χ0n) is 15.2. The molecule has 4 aromatic rings. The first-order valence-corrected chi connectivity index (χ1v) is 9.54. The Balaban J connectivity index is 1.62. The Bertz CT molecular complexity index is 1130. The number of thiazole rings is 1. The van der Waals surface area contributed by atoms with Crippen LogP contribution in [-0.4, -0.2) is 31.6 Å². The van der Waals surface area contributed by atoms with Gasteiger partial charge in [-0.1, -0.05) is 12.1 Å². The number of fused-ring (bicyclic) bond motifs is 1. The van der Waals surface area contributed by atoms with E-state index in [0.29, 0.717) is 29.9 Å². The maximum atomic E-state index is 12.8. The summed E-state index contributed by atoms with van der Waals surface area (Å²) in [5.74, 6) is -0.235. The number of nitrogens with one attached hydrogen (secondary N) is 2. The highest BCUT2D eigenvalue weighted by molar-refractivity contribution is 7.19. The summed E-state index contributed by atoms with van der Waals surface area (Å²) in [7, 11) is 1.80. The third kappa shape index (κ3) is 3.41. The molecule has 0 saturated carbocycles. The molecule has 0 saturated heterocycles. The van der Waals surface area contributed by atoms with Crippen LogP contribution in [0.1, 0.15) is 32.3 Å². The first kappa shape index (κ1) is 18.0. The van der Waals surface area contributed by atoms with E-state index in [-0.39, 0.29) is 5.91 Å². The second-order valence-corrected chi connectivity index (χ2v) is 7.35. The number of carbonyl (C=O) groups excluding carboxylic acids is 1. The van der Waals surface area contributed by atoms with Crippen molar-refractivity contribution in [3.8, 4) is 0 Å². The van der Waals surface area contributed by atoms with Crippen molar-refractivity contribution in [1.82, 2.24) is 24.8 Å². The lowest BCUT2D eigenvalue weighted by Gasteiger charge is -2.07. The molecule has 0 aromatic carbocycles. The van der Waals surface area contributed by atoms with Crippen LogP contribution in [0.4, 0.5) is 0 Å². The molecule has 0 unspecified atom stereocenters. The summed E-state index contributed by atoms with van der Waals surface area (Å²) in [6, 6.07) is 9.52. The molecule has 0 spiro atoms. The van der Waals surface area contributed by atoms with Crippen molar-refractivity contribution < 1.29 is 4.79 Å². The van der Waals surface area contributed by atoms with E-state index >= 15 is 0 Å². The summed E-state index contributed by atoms with van der Waals surface area (Å²) >= 11 is 1.50. The number of hydrogen-bond acceptors (Lipinski definition) is 6. The highest BCUT2D eigenvalue weighted by atomic mass is 32.1. The van der Waals surface area contributed by atoms with Gasteiger partial charge in [0.25, 0.3) is 5.91 Å². The Morgan fingerprint density at radius 3 is 2.89 bits per heavy atom. The fourth-order valence-corrected chi connectivity index (χ4v) is 4.19. The third-order valence-corrected chi connectivity index (χ3v) is 5.48. The smallest absolute Gasteiger partial charge is 0.268 e. The molecule has 7 nitrogen and oxygen atoms in total. The number of rotatable bonds is 6. The summed E-state index contributed by atoms with van der Waals surface area (Å²) in [4.78, 5) is 25.8. The van der Waals surface area contributed by atoms with Gasteiger partial charge in [0.05, 0.1) is 4.70 Å². The van der Waals surface area contributed by atoms with E-state index in [9.17, 15) is 4.79 Å². The van der Waals surface area contributed by atoms with E-state index in [1.165, 1.54) is 17.6 Å².